The molecule has 7 rings (SSSR count). The van der Waals surface area contributed by atoms with E-state index in [4.69, 9.17) is 44.9 Å². The van der Waals surface area contributed by atoms with Crippen LogP contribution in [0.3, 0.4) is 0 Å². The molecule has 2 unspecified atom stereocenters. The average molecular weight is 694 g/mol. The molecule has 3 saturated heterocycles. The Morgan fingerprint density at radius 2 is 1.49 bits per heavy atom. The quantitative estimate of drug-likeness (QED) is 0.105. The van der Waals surface area contributed by atoms with Gasteiger partial charge in [-0.1, -0.05) is 11.6 Å². The van der Waals surface area contributed by atoms with Gasteiger partial charge in [-0.25, -0.2) is 29.1 Å². The lowest BCUT2D eigenvalue weighted by atomic mass is 10.1. The highest BCUT2D eigenvalue weighted by Gasteiger charge is 2.54. The van der Waals surface area contributed by atoms with E-state index in [-0.39, 0.29) is 33.4 Å². The van der Waals surface area contributed by atoms with Gasteiger partial charge in [0.2, 0.25) is 5.95 Å². The van der Waals surface area contributed by atoms with Crippen LogP contribution in [0.25, 0.3) is 22.3 Å². The summed E-state index contributed by atoms with van der Waals surface area (Å²) in [4.78, 5) is 55.8. The van der Waals surface area contributed by atoms with E-state index < -0.39 is 83.5 Å². The van der Waals surface area contributed by atoms with Crippen molar-refractivity contribution in [3.05, 3.63) is 34.5 Å². The molecule has 0 radical (unpaired) electrons. The van der Waals surface area contributed by atoms with Crippen LogP contribution in [0.5, 0.6) is 0 Å². The summed E-state index contributed by atoms with van der Waals surface area (Å²) in [5.74, 6) is -0.285. The number of H-pyrrole nitrogens is 1. The van der Waals surface area contributed by atoms with Gasteiger partial charge in [-0.05, 0) is 0 Å². The molecular formula is C20H22ClN9O13P2. The molecule has 4 aromatic heterocycles. The van der Waals surface area contributed by atoms with Crippen LogP contribution in [-0.2, 0) is 36.7 Å². The van der Waals surface area contributed by atoms with E-state index >= 15 is 0 Å². The van der Waals surface area contributed by atoms with Gasteiger partial charge in [0.15, 0.2) is 34.4 Å². The van der Waals surface area contributed by atoms with Gasteiger partial charge in [-0.2, -0.15) is 4.98 Å². The first-order chi connectivity index (χ1) is 21.3. The molecule has 7 heterocycles. The van der Waals surface area contributed by atoms with Crippen molar-refractivity contribution in [2.24, 2.45) is 0 Å². The van der Waals surface area contributed by atoms with Gasteiger partial charge < -0.3 is 35.2 Å². The number of ether oxygens (including phenoxy) is 2. The summed E-state index contributed by atoms with van der Waals surface area (Å²) in [5, 5.41) is 22.1. The number of rotatable bonds is 2. The highest BCUT2D eigenvalue weighted by Crippen LogP contribution is 2.53. The summed E-state index contributed by atoms with van der Waals surface area (Å²) < 4.78 is 61.0. The highest BCUT2D eigenvalue weighted by atomic mass is 35.5. The number of nitrogens with two attached hydrogens (primary N) is 1. The van der Waals surface area contributed by atoms with E-state index in [2.05, 4.69) is 29.9 Å². The lowest BCUT2D eigenvalue weighted by Crippen LogP contribution is -2.36. The summed E-state index contributed by atoms with van der Waals surface area (Å²) in [6, 6.07) is 0. The number of aliphatic hydroxyl groups excluding tert-OH is 2. The minimum absolute atomic E-state index is 0.00656. The highest BCUT2D eigenvalue weighted by molar-refractivity contribution is 7.47. The predicted molar refractivity (Wildman–Crippen MR) is 144 cm³/mol. The number of aliphatic hydroxyl groups is 2. The third kappa shape index (κ3) is 5.46. The zero-order valence-electron chi connectivity index (χ0n) is 22.2. The molecular weight excluding hydrogens is 672 g/mol. The van der Waals surface area contributed by atoms with Crippen molar-refractivity contribution in [3.63, 3.8) is 0 Å². The van der Waals surface area contributed by atoms with Gasteiger partial charge in [-0.15, -0.1) is 0 Å². The number of fused-ring (bicyclic) bond motifs is 5. The zero-order chi connectivity index (χ0) is 31.8. The molecule has 45 heavy (non-hydrogen) atoms. The van der Waals surface area contributed by atoms with E-state index in [1.54, 1.807) is 0 Å². The number of nitrogens with zero attached hydrogens (tertiary/aromatic N) is 7. The molecule has 10 atom stereocenters. The number of anilines is 1. The SMILES string of the molecule is Nc1nc2c(ncn2[C@@H]2O[C@@H]3COP(=O)(O)O[C@H]4[C@@H](O)[C@H](n5cnc6c(Cl)ncnc65)O[C@@H]4COP(=O)(O)O[C@@H]2[C@@H]3O)c(=O)[nH]1. The van der Waals surface area contributed by atoms with Gasteiger partial charge in [0, 0.05) is 0 Å². The molecule has 3 aliphatic heterocycles. The fourth-order valence-electron chi connectivity index (χ4n) is 5.25. The number of halogens is 1. The van der Waals surface area contributed by atoms with Crippen LogP contribution >= 0.6 is 27.2 Å². The minimum atomic E-state index is -5.11. The smallest absolute Gasteiger partial charge is 0.387 e. The number of phosphoric ester groups is 2. The molecule has 242 valence electrons. The van der Waals surface area contributed by atoms with Crippen molar-refractivity contribution < 1.29 is 56.7 Å². The van der Waals surface area contributed by atoms with Gasteiger partial charge in [0.05, 0.1) is 25.9 Å². The van der Waals surface area contributed by atoms with E-state index in [0.717, 1.165) is 17.2 Å². The van der Waals surface area contributed by atoms with E-state index in [1.807, 2.05) is 0 Å². The Labute approximate surface area is 253 Å². The Kier molecular flexibility index (Phi) is 7.56. The van der Waals surface area contributed by atoms with E-state index in [9.17, 15) is 33.9 Å². The third-order valence-corrected chi connectivity index (χ3v) is 9.50. The van der Waals surface area contributed by atoms with Crippen molar-refractivity contribution in [1.29, 1.82) is 0 Å². The number of imidazole rings is 2. The van der Waals surface area contributed by atoms with Gasteiger partial charge in [-0.3, -0.25) is 37.0 Å². The van der Waals surface area contributed by atoms with Gasteiger partial charge >= 0.3 is 15.6 Å². The fourth-order valence-corrected chi connectivity index (χ4v) is 7.32. The van der Waals surface area contributed by atoms with Crippen LogP contribution in [0.15, 0.2) is 23.8 Å². The summed E-state index contributed by atoms with van der Waals surface area (Å²) in [6.45, 7) is -1.66. The molecule has 4 aromatic rings. The topological polar surface area (TPSA) is 304 Å². The Balaban J connectivity index is 1.21. The van der Waals surface area contributed by atoms with Crippen LogP contribution in [-0.4, -0.2) is 109 Å². The molecule has 22 nitrogen and oxygen atoms in total. The Bertz CT molecular complexity index is 1940. The summed E-state index contributed by atoms with van der Waals surface area (Å²) in [7, 11) is -10.2. The van der Waals surface area contributed by atoms with Crippen LogP contribution in [0.4, 0.5) is 5.95 Å². The number of hydrogen-bond acceptors (Lipinski definition) is 17. The van der Waals surface area contributed by atoms with Crippen molar-refractivity contribution in [2.45, 2.75) is 49.1 Å². The second kappa shape index (κ2) is 11.1. The van der Waals surface area contributed by atoms with Crippen LogP contribution in [0, 0.1) is 0 Å². The molecule has 3 fully saturated rings. The van der Waals surface area contributed by atoms with Crippen LogP contribution in [0.1, 0.15) is 12.5 Å². The molecule has 3 aliphatic rings. The fraction of sp³-hybridized carbons (Fsp3) is 0.500. The third-order valence-electron chi connectivity index (χ3n) is 7.25. The summed E-state index contributed by atoms with van der Waals surface area (Å²) in [5.41, 5.74) is 4.94. The first-order valence-corrected chi connectivity index (χ1v) is 16.2. The van der Waals surface area contributed by atoms with E-state index in [0.29, 0.717) is 0 Å². The van der Waals surface area contributed by atoms with Crippen LogP contribution < -0.4 is 11.3 Å². The number of hydrogen-bond donors (Lipinski definition) is 6. The number of phosphoric acid groups is 2. The maximum atomic E-state index is 13.2. The van der Waals surface area contributed by atoms with Crippen molar-refractivity contribution in [1.82, 2.24) is 39.0 Å². The maximum absolute atomic E-state index is 13.2. The molecule has 0 spiro atoms. The Morgan fingerprint density at radius 1 is 0.867 bits per heavy atom. The van der Waals surface area contributed by atoms with E-state index in [1.165, 1.54) is 10.9 Å². The molecule has 7 N–H and O–H groups in total. The zero-order valence-corrected chi connectivity index (χ0v) is 24.8. The summed E-state index contributed by atoms with van der Waals surface area (Å²) in [6.07, 6.45) is -9.23. The van der Waals surface area contributed by atoms with Crippen molar-refractivity contribution in [3.8, 4) is 0 Å². The first-order valence-electron chi connectivity index (χ1n) is 12.9. The number of aromatic amines is 1. The number of nitrogens with one attached hydrogen (secondary N) is 1. The standard InChI is InChI=1S/C20H22ClN9O13P2/c21-14-8-15(24-3-23-14)29(4-25-8)18-11(32)12-7(41-18)2-39-45(36,37)43-13-10(31)6(1-38-44(34,35)42-12)40-19(13)30-5-26-9-16(30)27-20(22)28-17(9)33/h3-7,10-13,18-19,31-32H,1-2H2,(H,34,35)(H,36,37)(H3,22,27,28,33)/t6-,7-,10-,11-,12-,13-,18-,19-/m1/s1. The monoisotopic (exact) mass is 693 g/mol. The number of aromatic nitrogens is 8. The lowest BCUT2D eigenvalue weighted by Gasteiger charge is -2.25. The minimum Gasteiger partial charge on any atom is -0.387 e. The van der Waals surface area contributed by atoms with Gasteiger partial charge in [0.25, 0.3) is 5.56 Å². The maximum Gasteiger partial charge on any atom is 0.472 e. The molecule has 0 saturated carbocycles. The van der Waals surface area contributed by atoms with Crippen molar-refractivity contribution >= 4 is 55.5 Å². The largest absolute Gasteiger partial charge is 0.472 e. The van der Waals surface area contributed by atoms with Crippen molar-refractivity contribution in [2.75, 3.05) is 18.9 Å². The second-order valence-electron chi connectivity index (χ2n) is 10.0. The molecule has 2 bridgehead atoms. The normalized spacial score (nSPS) is 37.7. The first kappa shape index (κ1) is 30.7. The molecule has 0 aliphatic carbocycles. The molecule has 0 amide bonds. The van der Waals surface area contributed by atoms with Crippen LogP contribution in [0.2, 0.25) is 5.15 Å². The van der Waals surface area contributed by atoms with Gasteiger partial charge in [0.1, 0.15) is 48.5 Å². The predicted octanol–water partition coefficient (Wildman–Crippen LogP) is -1.27. The number of nitrogen functional groups attached to an aromatic ring is 1. The Morgan fingerprint density at radius 3 is 2.22 bits per heavy atom. The second-order valence-corrected chi connectivity index (χ2v) is 13.2. The molecule has 25 heteroatoms. The average Bonchev–Trinajstić information content (AvgIpc) is 3.72. The lowest BCUT2D eigenvalue weighted by molar-refractivity contribution is -0.0672. The Hall–Kier alpha value is -2.95. The summed E-state index contributed by atoms with van der Waals surface area (Å²) >= 11 is 6.06. The molecule has 0 aromatic carbocycles.